The maximum absolute atomic E-state index is 11.9. The van der Waals surface area contributed by atoms with Crippen molar-refractivity contribution in [1.29, 1.82) is 0 Å². The highest BCUT2D eigenvalue weighted by atomic mass is 32.2. The molecule has 5 heteroatoms. The van der Waals surface area contributed by atoms with Crippen LogP contribution in [0.25, 0.3) is 0 Å². The van der Waals surface area contributed by atoms with E-state index in [9.17, 15) is 9.00 Å². The quantitative estimate of drug-likeness (QED) is 0.776. The number of nitrogens with two attached hydrogens (primary N) is 1. The van der Waals surface area contributed by atoms with E-state index >= 15 is 0 Å². The van der Waals surface area contributed by atoms with E-state index in [1.807, 2.05) is 19.9 Å². The van der Waals surface area contributed by atoms with E-state index in [0.29, 0.717) is 18.0 Å². The lowest BCUT2D eigenvalue weighted by atomic mass is 10.2. The van der Waals surface area contributed by atoms with Crippen LogP contribution >= 0.6 is 0 Å². The molecule has 1 rings (SSSR count). The maximum atomic E-state index is 11.9. The number of benzene rings is 1. The Morgan fingerprint density at radius 2 is 2.18 bits per heavy atom. The van der Waals surface area contributed by atoms with Gasteiger partial charge in [0.05, 0.1) is 10.8 Å². The molecule has 0 fully saturated rings. The van der Waals surface area contributed by atoms with E-state index in [1.165, 1.54) is 0 Å². The highest BCUT2D eigenvalue weighted by Crippen LogP contribution is 2.16. The number of amides is 1. The first kappa shape index (κ1) is 13.7. The minimum absolute atomic E-state index is 0.0620. The number of rotatable bonds is 5. The summed E-state index contributed by atoms with van der Waals surface area (Å²) in [5.74, 6) is 0.280. The van der Waals surface area contributed by atoms with Crippen LogP contribution in [0, 0.1) is 6.92 Å². The molecule has 94 valence electrons. The van der Waals surface area contributed by atoms with E-state index in [-0.39, 0.29) is 12.3 Å². The van der Waals surface area contributed by atoms with Crippen molar-refractivity contribution in [2.24, 2.45) is 0 Å². The number of carbonyl (C=O) groups is 1. The molecule has 0 radical (unpaired) electrons. The number of aryl methyl sites for hydroxylation is 1. The molecular weight excluding hydrogens is 236 g/mol. The summed E-state index contributed by atoms with van der Waals surface area (Å²) in [5.41, 5.74) is 7.29. The predicted molar refractivity (Wildman–Crippen MR) is 70.2 cm³/mol. The fourth-order valence-corrected chi connectivity index (χ4v) is 2.51. The van der Waals surface area contributed by atoms with Crippen molar-refractivity contribution in [3.8, 4) is 0 Å². The molecule has 0 saturated carbocycles. The molecule has 0 aliphatic carbocycles. The third-order valence-corrected chi connectivity index (χ3v) is 3.75. The summed E-state index contributed by atoms with van der Waals surface area (Å²) >= 11 is 0. The lowest BCUT2D eigenvalue weighted by Gasteiger charge is -2.05. The molecule has 0 heterocycles. The van der Waals surface area contributed by atoms with Gasteiger partial charge in [0.2, 0.25) is 5.91 Å². The van der Waals surface area contributed by atoms with Gasteiger partial charge < -0.3 is 11.1 Å². The molecule has 1 atom stereocenters. The van der Waals surface area contributed by atoms with Gasteiger partial charge in [-0.05, 0) is 37.6 Å². The third-order valence-electron chi connectivity index (χ3n) is 2.39. The van der Waals surface area contributed by atoms with Crippen LogP contribution in [0.3, 0.4) is 0 Å². The zero-order valence-electron chi connectivity index (χ0n) is 10.2. The van der Waals surface area contributed by atoms with E-state index in [0.717, 1.165) is 10.5 Å². The lowest BCUT2D eigenvalue weighted by molar-refractivity contribution is -0.120. The van der Waals surface area contributed by atoms with Gasteiger partial charge in [-0.15, -0.1) is 0 Å². The number of hydrogen-bond donors (Lipinski definition) is 2. The Kier molecular flexibility index (Phi) is 5.15. The highest BCUT2D eigenvalue weighted by molar-refractivity contribution is 7.85. The predicted octanol–water partition coefficient (Wildman–Crippen LogP) is 1.21. The molecule has 17 heavy (non-hydrogen) atoms. The van der Waals surface area contributed by atoms with Gasteiger partial charge in [0.1, 0.15) is 0 Å². The van der Waals surface area contributed by atoms with Crippen LogP contribution in [0.4, 0.5) is 5.69 Å². The first-order valence-electron chi connectivity index (χ1n) is 5.55. The van der Waals surface area contributed by atoms with Crippen LogP contribution in [0.1, 0.15) is 18.9 Å². The van der Waals surface area contributed by atoms with Crippen molar-refractivity contribution in [3.05, 3.63) is 23.8 Å². The summed E-state index contributed by atoms with van der Waals surface area (Å²) in [5, 5.41) is 2.68. The Labute approximate surface area is 104 Å². The summed E-state index contributed by atoms with van der Waals surface area (Å²) in [4.78, 5) is 12.0. The molecule has 3 N–H and O–H groups in total. The normalized spacial score (nSPS) is 12.1. The number of carbonyl (C=O) groups excluding carboxylic acids is 1. The maximum Gasteiger partial charge on any atom is 0.220 e. The molecular formula is C12H18N2O2S. The summed E-state index contributed by atoms with van der Waals surface area (Å²) in [6, 6.07) is 5.30. The van der Waals surface area contributed by atoms with Gasteiger partial charge >= 0.3 is 0 Å². The number of hydrogen-bond acceptors (Lipinski definition) is 3. The van der Waals surface area contributed by atoms with E-state index < -0.39 is 10.8 Å². The Hall–Kier alpha value is -1.36. The smallest absolute Gasteiger partial charge is 0.220 e. The van der Waals surface area contributed by atoms with Crippen LogP contribution in [0.5, 0.6) is 0 Å². The summed E-state index contributed by atoms with van der Waals surface area (Å²) in [6.45, 7) is 4.34. The molecule has 1 unspecified atom stereocenters. The van der Waals surface area contributed by atoms with Gasteiger partial charge in [0.25, 0.3) is 0 Å². The van der Waals surface area contributed by atoms with Crippen LogP contribution < -0.4 is 11.1 Å². The monoisotopic (exact) mass is 254 g/mol. The lowest BCUT2D eigenvalue weighted by Crippen LogP contribution is -2.24. The standard InChI is InChI=1S/C12H18N2O2S/c1-3-14-12(15)6-7-17(16)10-4-5-11(13)9(2)8-10/h4-5,8H,3,6-7,13H2,1-2H3,(H,14,15). The van der Waals surface area contributed by atoms with Gasteiger partial charge in [-0.2, -0.15) is 0 Å². The zero-order valence-corrected chi connectivity index (χ0v) is 11.0. The van der Waals surface area contributed by atoms with Gasteiger partial charge in [-0.1, -0.05) is 0 Å². The van der Waals surface area contributed by atoms with Gasteiger partial charge in [0.15, 0.2) is 0 Å². The zero-order chi connectivity index (χ0) is 12.8. The topological polar surface area (TPSA) is 72.2 Å². The molecule has 4 nitrogen and oxygen atoms in total. The molecule has 0 aliphatic rings. The van der Waals surface area contributed by atoms with Gasteiger partial charge in [-0.25, -0.2) is 0 Å². The van der Waals surface area contributed by atoms with Crippen LogP contribution in [-0.4, -0.2) is 22.4 Å². The summed E-state index contributed by atoms with van der Waals surface area (Å²) in [6.07, 6.45) is 0.282. The third kappa shape index (κ3) is 4.19. The Morgan fingerprint density at radius 3 is 2.76 bits per heavy atom. The summed E-state index contributed by atoms with van der Waals surface area (Å²) in [7, 11) is -1.14. The minimum Gasteiger partial charge on any atom is -0.399 e. The average Bonchev–Trinajstić information content (AvgIpc) is 2.30. The molecule has 0 saturated heterocycles. The van der Waals surface area contributed by atoms with Gasteiger partial charge in [-0.3, -0.25) is 9.00 Å². The minimum atomic E-state index is -1.14. The average molecular weight is 254 g/mol. The molecule has 0 spiro atoms. The second-order valence-electron chi connectivity index (χ2n) is 3.77. The second kappa shape index (κ2) is 6.39. The second-order valence-corrected chi connectivity index (χ2v) is 5.34. The van der Waals surface area contributed by atoms with E-state index in [1.54, 1.807) is 12.1 Å². The number of anilines is 1. The summed E-state index contributed by atoms with van der Waals surface area (Å²) < 4.78 is 11.9. The van der Waals surface area contributed by atoms with E-state index in [2.05, 4.69) is 5.32 Å². The van der Waals surface area contributed by atoms with Crippen molar-refractivity contribution >= 4 is 22.4 Å². The number of nitrogen functional groups attached to an aromatic ring is 1. The molecule has 1 aromatic rings. The van der Waals surface area contributed by atoms with Crippen molar-refractivity contribution in [2.45, 2.75) is 25.2 Å². The SMILES string of the molecule is CCNC(=O)CCS(=O)c1ccc(N)c(C)c1. The van der Waals surface area contributed by atoms with Crippen molar-refractivity contribution in [1.82, 2.24) is 5.32 Å². The molecule has 0 aromatic heterocycles. The Balaban J connectivity index is 2.58. The van der Waals surface area contributed by atoms with Crippen molar-refractivity contribution in [3.63, 3.8) is 0 Å². The van der Waals surface area contributed by atoms with E-state index in [4.69, 9.17) is 5.73 Å². The Bertz CT molecular complexity index is 433. The van der Waals surface area contributed by atoms with Gasteiger partial charge in [0, 0.05) is 29.3 Å². The van der Waals surface area contributed by atoms with Crippen molar-refractivity contribution < 1.29 is 9.00 Å². The highest BCUT2D eigenvalue weighted by Gasteiger charge is 2.08. The van der Waals surface area contributed by atoms with Crippen LogP contribution in [-0.2, 0) is 15.6 Å². The molecule has 0 bridgehead atoms. The fraction of sp³-hybridized carbons (Fsp3) is 0.417. The molecule has 0 aliphatic heterocycles. The Morgan fingerprint density at radius 1 is 1.47 bits per heavy atom. The van der Waals surface area contributed by atoms with Crippen molar-refractivity contribution in [2.75, 3.05) is 18.0 Å². The molecule has 1 aromatic carbocycles. The fourth-order valence-electron chi connectivity index (χ4n) is 1.38. The first-order chi connectivity index (χ1) is 8.04. The number of nitrogens with one attached hydrogen (secondary N) is 1. The largest absolute Gasteiger partial charge is 0.399 e. The van der Waals surface area contributed by atoms with Crippen LogP contribution in [0.2, 0.25) is 0 Å². The van der Waals surface area contributed by atoms with Crippen LogP contribution in [0.15, 0.2) is 23.1 Å². The first-order valence-corrected chi connectivity index (χ1v) is 6.87. The molecule has 1 amide bonds.